The molecule has 1 aromatic heterocycles. The molecule has 2 aliphatic heterocycles. The van der Waals surface area contributed by atoms with Gasteiger partial charge in [0.1, 0.15) is 11.5 Å². The molecule has 0 saturated heterocycles. The van der Waals surface area contributed by atoms with E-state index in [0.29, 0.717) is 28.5 Å². The predicted molar refractivity (Wildman–Crippen MR) is 109 cm³/mol. The first-order valence-electron chi connectivity index (χ1n) is 9.51. The number of nitrogens with zero attached hydrogens (tertiary/aromatic N) is 1. The molecule has 6 heteroatoms. The van der Waals surface area contributed by atoms with E-state index in [1.54, 1.807) is 30.5 Å². The second-order valence-electron chi connectivity index (χ2n) is 7.04. The lowest BCUT2D eigenvalue weighted by Gasteiger charge is -2.27. The van der Waals surface area contributed by atoms with E-state index in [-0.39, 0.29) is 23.9 Å². The first-order chi connectivity index (χ1) is 14.7. The summed E-state index contributed by atoms with van der Waals surface area (Å²) in [4.78, 5) is 29.4. The van der Waals surface area contributed by atoms with Gasteiger partial charge in [-0.15, -0.1) is 0 Å². The summed E-state index contributed by atoms with van der Waals surface area (Å²) in [5.74, 6) is 0.631. The molecule has 0 bridgehead atoms. The molecule has 3 aromatic rings. The molecular formula is C24H17NO5. The number of esters is 1. The summed E-state index contributed by atoms with van der Waals surface area (Å²) in [6, 6.07) is 16.5. The minimum Gasteiger partial charge on any atom is -0.469 e. The number of ketones is 1. The summed E-state index contributed by atoms with van der Waals surface area (Å²) >= 11 is 0. The molecule has 148 valence electrons. The molecule has 0 N–H and O–H groups in total. The number of rotatable bonds is 3. The monoisotopic (exact) mass is 399 g/mol. The van der Waals surface area contributed by atoms with Crippen molar-refractivity contribution in [3.05, 3.63) is 88.8 Å². The quantitative estimate of drug-likeness (QED) is 0.477. The van der Waals surface area contributed by atoms with Crippen molar-refractivity contribution in [2.45, 2.75) is 12.3 Å². The van der Waals surface area contributed by atoms with E-state index < -0.39 is 5.92 Å². The second-order valence-corrected chi connectivity index (χ2v) is 7.04. The van der Waals surface area contributed by atoms with Crippen molar-refractivity contribution in [2.24, 2.45) is 0 Å². The summed E-state index contributed by atoms with van der Waals surface area (Å²) < 4.78 is 16.9. The fourth-order valence-electron chi connectivity index (χ4n) is 3.85. The van der Waals surface area contributed by atoms with Crippen molar-refractivity contribution >= 4 is 17.8 Å². The highest BCUT2D eigenvalue weighted by Gasteiger charge is 2.39. The average molecular weight is 399 g/mol. The Labute approximate surface area is 172 Å². The highest BCUT2D eigenvalue weighted by Crippen LogP contribution is 2.52. The first kappa shape index (κ1) is 18.1. The van der Waals surface area contributed by atoms with Crippen LogP contribution in [0.3, 0.4) is 0 Å². The van der Waals surface area contributed by atoms with Crippen LogP contribution in [0.4, 0.5) is 0 Å². The zero-order valence-electron chi connectivity index (χ0n) is 16.1. The Kier molecular flexibility index (Phi) is 4.32. The number of carbonyl (C=O) groups is 2. The van der Waals surface area contributed by atoms with E-state index in [1.807, 2.05) is 36.4 Å². The molecule has 6 nitrogen and oxygen atoms in total. The maximum atomic E-state index is 13.0. The number of benzene rings is 2. The van der Waals surface area contributed by atoms with Crippen LogP contribution in [0.5, 0.6) is 17.4 Å². The van der Waals surface area contributed by atoms with E-state index in [9.17, 15) is 9.59 Å². The molecule has 0 aliphatic carbocycles. The van der Waals surface area contributed by atoms with Crippen LogP contribution >= 0.6 is 0 Å². The van der Waals surface area contributed by atoms with Crippen LogP contribution in [-0.2, 0) is 9.53 Å². The Bertz CT molecular complexity index is 1200. The van der Waals surface area contributed by atoms with Gasteiger partial charge in [-0.2, -0.15) is 0 Å². The molecule has 5 rings (SSSR count). The zero-order valence-corrected chi connectivity index (χ0v) is 16.1. The maximum Gasteiger partial charge on any atom is 0.306 e. The van der Waals surface area contributed by atoms with Gasteiger partial charge < -0.3 is 14.2 Å². The lowest BCUT2D eigenvalue weighted by atomic mass is 9.85. The number of carbonyl (C=O) groups excluding carboxylic acids is 2. The minimum atomic E-state index is -0.399. The van der Waals surface area contributed by atoms with Gasteiger partial charge in [-0.05, 0) is 29.8 Å². The molecule has 0 amide bonds. The van der Waals surface area contributed by atoms with Gasteiger partial charge in [0.05, 0.1) is 19.1 Å². The lowest BCUT2D eigenvalue weighted by Crippen LogP contribution is -2.16. The number of hydrogen-bond donors (Lipinski definition) is 0. The molecule has 0 radical (unpaired) electrons. The van der Waals surface area contributed by atoms with Gasteiger partial charge in [-0.25, -0.2) is 4.98 Å². The van der Waals surface area contributed by atoms with Crippen LogP contribution in [0.2, 0.25) is 0 Å². The largest absolute Gasteiger partial charge is 0.469 e. The summed E-state index contributed by atoms with van der Waals surface area (Å²) in [6.45, 7) is 0. The lowest BCUT2D eigenvalue weighted by molar-refractivity contribution is -0.140. The van der Waals surface area contributed by atoms with Gasteiger partial charge in [0.15, 0.2) is 5.76 Å². The number of pyridine rings is 1. The molecule has 0 spiro atoms. The Morgan fingerprint density at radius 2 is 1.93 bits per heavy atom. The smallest absolute Gasteiger partial charge is 0.306 e. The van der Waals surface area contributed by atoms with Gasteiger partial charge in [0, 0.05) is 23.2 Å². The van der Waals surface area contributed by atoms with Crippen LogP contribution in [0, 0.1) is 0 Å². The molecule has 3 heterocycles. The molecule has 30 heavy (non-hydrogen) atoms. The normalized spacial score (nSPS) is 17.4. The minimum absolute atomic E-state index is 0.0806. The molecule has 2 aliphatic rings. The second kappa shape index (κ2) is 7.15. The highest BCUT2D eigenvalue weighted by atomic mass is 16.5. The number of hydrogen-bond acceptors (Lipinski definition) is 6. The molecule has 0 fully saturated rings. The molecular weight excluding hydrogens is 382 g/mol. The summed E-state index contributed by atoms with van der Waals surface area (Å²) in [5.41, 5.74) is 2.71. The number of allylic oxidation sites excluding steroid dienone is 1. The molecule has 2 aromatic carbocycles. The topological polar surface area (TPSA) is 74.7 Å². The van der Waals surface area contributed by atoms with E-state index in [2.05, 4.69) is 4.98 Å². The standard InChI is InChI=1S/C24H17NO5/c1-28-20(26)13-17-15-8-5-11-25-24(15)30-18-10-9-16-22(27)19(29-23(16)21(17)18)12-14-6-3-2-4-7-14/h2-12,17H,13H2,1H3/b19-12-/t17-/m0/s1. The third-order valence-electron chi connectivity index (χ3n) is 5.26. The Morgan fingerprint density at radius 3 is 2.73 bits per heavy atom. The van der Waals surface area contributed by atoms with E-state index in [0.717, 1.165) is 11.1 Å². The number of ether oxygens (including phenoxy) is 3. The zero-order chi connectivity index (χ0) is 20.7. The Hall–Kier alpha value is -3.93. The van der Waals surface area contributed by atoms with E-state index >= 15 is 0 Å². The fraction of sp³-hybridized carbons (Fsp3) is 0.125. The van der Waals surface area contributed by atoms with Gasteiger partial charge in [-0.3, -0.25) is 9.59 Å². The Balaban J connectivity index is 1.63. The predicted octanol–water partition coefficient (Wildman–Crippen LogP) is 4.50. The summed E-state index contributed by atoms with van der Waals surface area (Å²) in [6.07, 6.45) is 3.42. The van der Waals surface area contributed by atoms with Crippen molar-refractivity contribution in [1.29, 1.82) is 0 Å². The van der Waals surface area contributed by atoms with Gasteiger partial charge in [0.25, 0.3) is 0 Å². The van der Waals surface area contributed by atoms with Gasteiger partial charge in [-0.1, -0.05) is 36.4 Å². The Morgan fingerprint density at radius 1 is 1.10 bits per heavy atom. The highest BCUT2D eigenvalue weighted by molar-refractivity contribution is 6.15. The van der Waals surface area contributed by atoms with Crippen LogP contribution in [0.1, 0.15) is 39.4 Å². The van der Waals surface area contributed by atoms with Crippen molar-refractivity contribution in [2.75, 3.05) is 7.11 Å². The number of Topliss-reactive ketones (excluding diaryl/α,β-unsaturated/α-hetero) is 1. The van der Waals surface area contributed by atoms with E-state index in [4.69, 9.17) is 14.2 Å². The van der Waals surface area contributed by atoms with E-state index in [1.165, 1.54) is 7.11 Å². The average Bonchev–Trinajstić information content (AvgIpc) is 3.09. The summed E-state index contributed by atoms with van der Waals surface area (Å²) in [7, 11) is 1.35. The van der Waals surface area contributed by atoms with Crippen molar-refractivity contribution in [3.8, 4) is 17.4 Å². The van der Waals surface area contributed by atoms with Crippen LogP contribution in [-0.4, -0.2) is 23.8 Å². The van der Waals surface area contributed by atoms with Crippen molar-refractivity contribution in [1.82, 2.24) is 4.98 Å². The van der Waals surface area contributed by atoms with Crippen LogP contribution in [0.25, 0.3) is 6.08 Å². The fourth-order valence-corrected chi connectivity index (χ4v) is 3.85. The number of fused-ring (bicyclic) bond motifs is 4. The number of methoxy groups -OCH3 is 1. The number of aromatic nitrogens is 1. The molecule has 0 saturated carbocycles. The van der Waals surface area contributed by atoms with Gasteiger partial charge >= 0.3 is 5.97 Å². The third-order valence-corrected chi connectivity index (χ3v) is 5.26. The van der Waals surface area contributed by atoms with Crippen molar-refractivity contribution in [3.63, 3.8) is 0 Å². The third kappa shape index (κ3) is 2.93. The van der Waals surface area contributed by atoms with Crippen LogP contribution in [0.15, 0.2) is 66.6 Å². The van der Waals surface area contributed by atoms with Crippen LogP contribution < -0.4 is 9.47 Å². The maximum absolute atomic E-state index is 13.0. The molecule has 0 unspecified atom stereocenters. The molecule has 1 atom stereocenters. The first-order valence-corrected chi connectivity index (χ1v) is 9.51. The van der Waals surface area contributed by atoms with Gasteiger partial charge in [0.2, 0.25) is 11.7 Å². The SMILES string of the molecule is COC(=O)C[C@H]1c2cccnc2Oc2ccc3c(c21)O/C(=C\c1ccccc1)C3=O. The van der Waals surface area contributed by atoms with Crippen molar-refractivity contribution < 1.29 is 23.8 Å². The summed E-state index contributed by atoms with van der Waals surface area (Å²) in [5, 5.41) is 0.